The minimum Gasteiger partial charge on any atom is -0.508 e. The summed E-state index contributed by atoms with van der Waals surface area (Å²) in [5.41, 5.74) is 1.48. The number of ether oxygens (including phenoxy) is 1. The van der Waals surface area contributed by atoms with Gasteiger partial charge in [0.15, 0.2) is 0 Å². The molecule has 3 nitrogen and oxygen atoms in total. The molecule has 1 aliphatic rings. The Morgan fingerprint density at radius 2 is 2.14 bits per heavy atom. The van der Waals surface area contributed by atoms with E-state index in [1.165, 1.54) is 6.07 Å². The van der Waals surface area contributed by atoms with Crippen molar-refractivity contribution in [2.45, 2.75) is 12.5 Å². The standard InChI is InChI=1S/C18H18FNO2/c1-2-9-20-12-15(10-13-5-3-4-6-16(13)19)22-18-8-7-14(21)11-17(18)20/h2-8,11,15,21H,1,9-10,12H2. The van der Waals surface area contributed by atoms with E-state index >= 15 is 0 Å². The third-order valence-electron chi connectivity index (χ3n) is 3.76. The zero-order valence-electron chi connectivity index (χ0n) is 12.2. The molecule has 0 saturated heterocycles. The summed E-state index contributed by atoms with van der Waals surface area (Å²) in [5, 5.41) is 9.65. The Morgan fingerprint density at radius 3 is 2.91 bits per heavy atom. The van der Waals surface area contributed by atoms with Gasteiger partial charge in [-0.15, -0.1) is 6.58 Å². The highest BCUT2D eigenvalue weighted by Crippen LogP contribution is 2.36. The Kier molecular flexibility index (Phi) is 4.00. The first kappa shape index (κ1) is 14.4. The van der Waals surface area contributed by atoms with Crippen molar-refractivity contribution in [3.8, 4) is 11.5 Å². The van der Waals surface area contributed by atoms with E-state index in [1.54, 1.807) is 36.4 Å². The molecule has 0 amide bonds. The van der Waals surface area contributed by atoms with Crippen molar-refractivity contribution in [1.82, 2.24) is 0 Å². The van der Waals surface area contributed by atoms with Gasteiger partial charge in [-0.1, -0.05) is 24.3 Å². The van der Waals surface area contributed by atoms with Crippen molar-refractivity contribution in [3.05, 3.63) is 66.5 Å². The number of halogens is 1. The van der Waals surface area contributed by atoms with Crippen LogP contribution in [-0.4, -0.2) is 24.3 Å². The summed E-state index contributed by atoms with van der Waals surface area (Å²) in [6, 6.07) is 11.8. The third-order valence-corrected chi connectivity index (χ3v) is 3.76. The lowest BCUT2D eigenvalue weighted by Crippen LogP contribution is -2.41. The van der Waals surface area contributed by atoms with E-state index in [-0.39, 0.29) is 17.7 Å². The highest BCUT2D eigenvalue weighted by atomic mass is 19.1. The average Bonchev–Trinajstić information content (AvgIpc) is 2.51. The van der Waals surface area contributed by atoms with Crippen molar-refractivity contribution < 1.29 is 14.2 Å². The molecule has 2 aromatic carbocycles. The van der Waals surface area contributed by atoms with Crippen molar-refractivity contribution >= 4 is 5.69 Å². The van der Waals surface area contributed by atoms with Crippen molar-refractivity contribution in [1.29, 1.82) is 0 Å². The molecule has 3 rings (SSSR count). The number of phenols is 1. The van der Waals surface area contributed by atoms with Gasteiger partial charge >= 0.3 is 0 Å². The van der Waals surface area contributed by atoms with Gasteiger partial charge in [0.25, 0.3) is 0 Å². The second-order valence-corrected chi connectivity index (χ2v) is 5.38. The van der Waals surface area contributed by atoms with E-state index < -0.39 is 0 Å². The summed E-state index contributed by atoms with van der Waals surface area (Å²) in [6.45, 7) is 5.04. The van der Waals surface area contributed by atoms with Crippen LogP contribution in [0, 0.1) is 5.82 Å². The number of anilines is 1. The molecule has 4 heteroatoms. The molecule has 0 saturated carbocycles. The third kappa shape index (κ3) is 2.91. The molecular formula is C18H18FNO2. The molecule has 1 unspecified atom stereocenters. The number of aromatic hydroxyl groups is 1. The number of phenolic OH excluding ortho intramolecular Hbond substituents is 1. The van der Waals surface area contributed by atoms with Crippen LogP contribution in [0.25, 0.3) is 0 Å². The van der Waals surface area contributed by atoms with Crippen LogP contribution in [0.4, 0.5) is 10.1 Å². The Bertz CT molecular complexity index is 687. The largest absolute Gasteiger partial charge is 0.508 e. The quantitative estimate of drug-likeness (QED) is 0.877. The first-order valence-electron chi connectivity index (χ1n) is 7.26. The van der Waals surface area contributed by atoms with Crippen LogP contribution in [-0.2, 0) is 6.42 Å². The van der Waals surface area contributed by atoms with Gasteiger partial charge in [-0.25, -0.2) is 4.39 Å². The minimum absolute atomic E-state index is 0.145. The molecule has 0 fully saturated rings. The topological polar surface area (TPSA) is 32.7 Å². The van der Waals surface area contributed by atoms with Crippen LogP contribution in [0.1, 0.15) is 5.56 Å². The summed E-state index contributed by atoms with van der Waals surface area (Å²) >= 11 is 0. The summed E-state index contributed by atoms with van der Waals surface area (Å²) in [4.78, 5) is 2.08. The van der Waals surface area contributed by atoms with Gasteiger partial charge < -0.3 is 14.7 Å². The SMILES string of the molecule is C=CCN1CC(Cc2ccccc2F)Oc2ccc(O)cc21. The fraction of sp³-hybridized carbons (Fsp3) is 0.222. The highest BCUT2D eigenvalue weighted by Gasteiger charge is 2.26. The fourth-order valence-electron chi connectivity index (χ4n) is 2.76. The van der Waals surface area contributed by atoms with Crippen LogP contribution in [0.15, 0.2) is 55.1 Å². The minimum atomic E-state index is -0.210. The molecule has 0 radical (unpaired) electrons. The summed E-state index contributed by atoms with van der Waals surface area (Å²) in [7, 11) is 0. The monoisotopic (exact) mass is 299 g/mol. The molecule has 2 aromatic rings. The van der Waals surface area contributed by atoms with E-state index in [0.29, 0.717) is 30.8 Å². The Labute approximate surface area is 129 Å². The van der Waals surface area contributed by atoms with Gasteiger partial charge in [-0.3, -0.25) is 0 Å². The predicted molar refractivity (Wildman–Crippen MR) is 85.0 cm³/mol. The Hall–Kier alpha value is -2.49. The normalized spacial score (nSPS) is 16.8. The molecule has 1 aliphatic heterocycles. The zero-order valence-corrected chi connectivity index (χ0v) is 12.2. The Balaban J connectivity index is 1.85. The van der Waals surface area contributed by atoms with Crippen LogP contribution in [0.3, 0.4) is 0 Å². The molecule has 1 atom stereocenters. The lowest BCUT2D eigenvalue weighted by Gasteiger charge is -2.36. The van der Waals surface area contributed by atoms with Gasteiger partial charge in [0.2, 0.25) is 0 Å². The Morgan fingerprint density at radius 1 is 1.32 bits per heavy atom. The molecular weight excluding hydrogens is 281 g/mol. The molecule has 0 aromatic heterocycles. The first-order valence-corrected chi connectivity index (χ1v) is 7.26. The number of fused-ring (bicyclic) bond motifs is 1. The number of hydrogen-bond donors (Lipinski definition) is 1. The van der Waals surface area contributed by atoms with Crippen LogP contribution >= 0.6 is 0 Å². The maximum absolute atomic E-state index is 13.8. The smallest absolute Gasteiger partial charge is 0.143 e. The van der Waals surface area contributed by atoms with Crippen molar-refractivity contribution in [2.75, 3.05) is 18.0 Å². The van der Waals surface area contributed by atoms with Crippen molar-refractivity contribution in [2.24, 2.45) is 0 Å². The molecule has 0 spiro atoms. The molecule has 114 valence electrons. The van der Waals surface area contributed by atoms with E-state index in [1.807, 2.05) is 6.07 Å². The number of hydrogen-bond acceptors (Lipinski definition) is 3. The summed E-state index contributed by atoms with van der Waals surface area (Å²) in [5.74, 6) is 0.689. The molecule has 0 bridgehead atoms. The maximum atomic E-state index is 13.8. The van der Waals surface area contributed by atoms with Gasteiger partial charge in [-0.05, 0) is 23.8 Å². The molecule has 1 N–H and O–H groups in total. The van der Waals surface area contributed by atoms with Crippen LogP contribution in [0.5, 0.6) is 11.5 Å². The molecule has 22 heavy (non-hydrogen) atoms. The van der Waals surface area contributed by atoms with Crippen LogP contribution in [0.2, 0.25) is 0 Å². The first-order chi connectivity index (χ1) is 10.7. The number of benzene rings is 2. The molecule has 0 aliphatic carbocycles. The second kappa shape index (κ2) is 6.10. The molecule has 1 heterocycles. The number of rotatable bonds is 4. The van der Waals surface area contributed by atoms with Crippen molar-refractivity contribution in [3.63, 3.8) is 0 Å². The predicted octanol–water partition coefficient (Wildman–Crippen LogP) is 3.53. The summed E-state index contributed by atoms with van der Waals surface area (Å²) in [6.07, 6.45) is 2.16. The maximum Gasteiger partial charge on any atom is 0.143 e. The lowest BCUT2D eigenvalue weighted by atomic mass is 10.0. The van der Waals surface area contributed by atoms with Crippen LogP contribution < -0.4 is 9.64 Å². The van der Waals surface area contributed by atoms with E-state index in [2.05, 4.69) is 11.5 Å². The second-order valence-electron chi connectivity index (χ2n) is 5.38. The average molecular weight is 299 g/mol. The van der Waals surface area contributed by atoms with E-state index in [4.69, 9.17) is 4.74 Å². The van der Waals surface area contributed by atoms with Gasteiger partial charge in [0.1, 0.15) is 23.4 Å². The van der Waals surface area contributed by atoms with E-state index in [9.17, 15) is 9.50 Å². The fourth-order valence-corrected chi connectivity index (χ4v) is 2.76. The zero-order chi connectivity index (χ0) is 15.5. The van der Waals surface area contributed by atoms with E-state index in [0.717, 1.165) is 5.69 Å². The highest BCUT2D eigenvalue weighted by molar-refractivity contribution is 5.63. The van der Waals surface area contributed by atoms with Gasteiger partial charge in [0.05, 0.1) is 12.2 Å². The lowest BCUT2D eigenvalue weighted by molar-refractivity contribution is 0.193. The van der Waals surface area contributed by atoms with Gasteiger partial charge in [0, 0.05) is 19.0 Å². The number of nitrogens with zero attached hydrogens (tertiary/aromatic N) is 1. The van der Waals surface area contributed by atoms with Gasteiger partial charge in [-0.2, -0.15) is 0 Å². The summed E-state index contributed by atoms with van der Waals surface area (Å²) < 4.78 is 19.8.